The molecule has 1 fully saturated rings. The summed E-state index contributed by atoms with van der Waals surface area (Å²) in [6, 6.07) is 0.776. The molecule has 4 heteroatoms. The number of nitrogens with two attached hydrogens (primary N) is 2. The Morgan fingerprint density at radius 1 is 0.882 bits per heavy atom. The number of rotatable bonds is 8. The average molecular weight is 242 g/mol. The van der Waals surface area contributed by atoms with E-state index in [2.05, 4.69) is 16.8 Å². The van der Waals surface area contributed by atoms with Crippen molar-refractivity contribution in [2.45, 2.75) is 38.1 Å². The molecule has 1 aliphatic carbocycles. The van der Waals surface area contributed by atoms with E-state index in [1.54, 1.807) is 0 Å². The van der Waals surface area contributed by atoms with Gasteiger partial charge in [0.1, 0.15) is 0 Å². The minimum atomic E-state index is 0.747. The van der Waals surface area contributed by atoms with Gasteiger partial charge in [0, 0.05) is 45.3 Å². The Balaban J connectivity index is 2.30. The zero-order chi connectivity index (χ0) is 12.5. The van der Waals surface area contributed by atoms with Gasteiger partial charge in [-0.25, -0.2) is 0 Å². The summed E-state index contributed by atoms with van der Waals surface area (Å²) in [5.41, 5.74) is 11.3. The van der Waals surface area contributed by atoms with E-state index < -0.39 is 0 Å². The smallest absolute Gasteiger partial charge is 0.0113 e. The third-order valence-corrected chi connectivity index (χ3v) is 3.79. The van der Waals surface area contributed by atoms with Crippen LogP contribution in [0.15, 0.2) is 0 Å². The van der Waals surface area contributed by atoms with Crippen LogP contribution >= 0.6 is 0 Å². The van der Waals surface area contributed by atoms with Crippen LogP contribution < -0.4 is 11.5 Å². The second kappa shape index (κ2) is 8.86. The number of nitrogens with zero attached hydrogens (tertiary/aromatic N) is 2. The average Bonchev–Trinajstić information content (AvgIpc) is 2.36. The Labute approximate surface area is 106 Å². The minimum Gasteiger partial charge on any atom is -0.329 e. The van der Waals surface area contributed by atoms with Crippen molar-refractivity contribution in [3.8, 4) is 0 Å². The maximum absolute atomic E-state index is 5.73. The molecule has 1 saturated carbocycles. The minimum absolute atomic E-state index is 0.747. The Hall–Kier alpha value is -0.160. The van der Waals surface area contributed by atoms with E-state index in [-0.39, 0.29) is 0 Å². The van der Waals surface area contributed by atoms with Crippen LogP contribution in [0, 0.1) is 0 Å². The summed E-state index contributed by atoms with van der Waals surface area (Å²) in [4.78, 5) is 4.90. The van der Waals surface area contributed by atoms with Crippen molar-refractivity contribution < 1.29 is 0 Å². The first-order valence-corrected chi connectivity index (χ1v) is 7.10. The summed E-state index contributed by atoms with van der Waals surface area (Å²) in [6.45, 7) is 5.79. The maximum atomic E-state index is 5.73. The Bertz CT molecular complexity index is 180. The number of hydrogen-bond donors (Lipinski definition) is 2. The molecular weight excluding hydrogens is 212 g/mol. The lowest BCUT2D eigenvalue weighted by atomic mass is 9.94. The summed E-state index contributed by atoms with van der Waals surface area (Å²) in [6.07, 6.45) is 6.93. The van der Waals surface area contributed by atoms with Crippen molar-refractivity contribution >= 4 is 0 Å². The van der Waals surface area contributed by atoms with E-state index in [1.807, 2.05) is 0 Å². The molecule has 0 atom stereocenters. The van der Waals surface area contributed by atoms with Crippen LogP contribution in [-0.4, -0.2) is 62.2 Å². The van der Waals surface area contributed by atoms with Crippen molar-refractivity contribution in [2.75, 3.05) is 46.3 Å². The maximum Gasteiger partial charge on any atom is 0.0113 e. The predicted octanol–water partition coefficient (Wildman–Crippen LogP) is 0.470. The standard InChI is InChI=1S/C13H30N4/c1-16(9-7-14)11-12-17(10-8-15)13-5-3-2-4-6-13/h13H,2-12,14-15H2,1H3. The van der Waals surface area contributed by atoms with Crippen LogP contribution in [-0.2, 0) is 0 Å². The second-order valence-corrected chi connectivity index (χ2v) is 5.21. The molecule has 0 radical (unpaired) electrons. The molecule has 4 N–H and O–H groups in total. The lowest BCUT2D eigenvalue weighted by Gasteiger charge is -2.35. The summed E-state index contributed by atoms with van der Waals surface area (Å²) in [5.74, 6) is 0. The molecule has 0 aromatic heterocycles. The van der Waals surface area contributed by atoms with E-state index in [4.69, 9.17) is 11.5 Å². The number of hydrogen-bond acceptors (Lipinski definition) is 4. The highest BCUT2D eigenvalue weighted by Crippen LogP contribution is 2.22. The van der Waals surface area contributed by atoms with Gasteiger partial charge in [-0.2, -0.15) is 0 Å². The molecule has 0 heterocycles. The summed E-state index contributed by atoms with van der Waals surface area (Å²) in [5, 5.41) is 0. The van der Waals surface area contributed by atoms with E-state index >= 15 is 0 Å². The quantitative estimate of drug-likeness (QED) is 0.650. The fourth-order valence-electron chi connectivity index (χ4n) is 2.72. The first kappa shape index (κ1) is 14.9. The molecule has 0 aliphatic heterocycles. The molecule has 1 aliphatic rings. The van der Waals surface area contributed by atoms with Gasteiger partial charge in [0.2, 0.25) is 0 Å². The SMILES string of the molecule is CN(CCN)CCN(CCN)C1CCCCC1. The molecule has 1 rings (SSSR count). The number of likely N-dealkylation sites (N-methyl/N-ethyl adjacent to an activating group) is 1. The summed E-state index contributed by atoms with van der Waals surface area (Å²) < 4.78 is 0. The molecule has 4 nitrogen and oxygen atoms in total. The highest BCUT2D eigenvalue weighted by atomic mass is 15.2. The molecular formula is C13H30N4. The van der Waals surface area contributed by atoms with Crippen molar-refractivity contribution in [1.29, 1.82) is 0 Å². The molecule has 0 spiro atoms. The molecule has 102 valence electrons. The fourth-order valence-corrected chi connectivity index (χ4v) is 2.72. The van der Waals surface area contributed by atoms with E-state index in [9.17, 15) is 0 Å². The van der Waals surface area contributed by atoms with Crippen LogP contribution in [0.1, 0.15) is 32.1 Å². The van der Waals surface area contributed by atoms with Gasteiger partial charge in [-0.3, -0.25) is 4.90 Å². The second-order valence-electron chi connectivity index (χ2n) is 5.21. The normalized spacial score (nSPS) is 18.2. The van der Waals surface area contributed by atoms with Crippen LogP contribution in [0.25, 0.3) is 0 Å². The van der Waals surface area contributed by atoms with Crippen molar-refractivity contribution in [3.63, 3.8) is 0 Å². The van der Waals surface area contributed by atoms with Crippen LogP contribution in [0.3, 0.4) is 0 Å². The van der Waals surface area contributed by atoms with Crippen molar-refractivity contribution in [3.05, 3.63) is 0 Å². The van der Waals surface area contributed by atoms with Gasteiger partial charge in [0.15, 0.2) is 0 Å². The first-order chi connectivity index (χ1) is 8.27. The highest BCUT2D eigenvalue weighted by Gasteiger charge is 2.20. The molecule has 0 aromatic rings. The molecule has 0 aromatic carbocycles. The molecule has 0 amide bonds. The monoisotopic (exact) mass is 242 g/mol. The van der Waals surface area contributed by atoms with Gasteiger partial charge in [0.05, 0.1) is 0 Å². The van der Waals surface area contributed by atoms with Gasteiger partial charge >= 0.3 is 0 Å². The summed E-state index contributed by atoms with van der Waals surface area (Å²) >= 11 is 0. The highest BCUT2D eigenvalue weighted by molar-refractivity contribution is 4.76. The Kier molecular flexibility index (Phi) is 7.77. The lowest BCUT2D eigenvalue weighted by molar-refractivity contribution is 0.143. The molecule has 0 saturated heterocycles. The van der Waals surface area contributed by atoms with E-state index in [0.29, 0.717) is 0 Å². The third kappa shape index (κ3) is 5.82. The van der Waals surface area contributed by atoms with Gasteiger partial charge in [0.25, 0.3) is 0 Å². The van der Waals surface area contributed by atoms with Crippen LogP contribution in [0.2, 0.25) is 0 Å². The Morgan fingerprint density at radius 3 is 2.12 bits per heavy atom. The van der Waals surface area contributed by atoms with Crippen molar-refractivity contribution in [1.82, 2.24) is 9.80 Å². The van der Waals surface area contributed by atoms with E-state index in [0.717, 1.165) is 45.3 Å². The zero-order valence-corrected chi connectivity index (χ0v) is 11.4. The summed E-state index contributed by atoms with van der Waals surface area (Å²) in [7, 11) is 2.15. The first-order valence-electron chi connectivity index (χ1n) is 7.10. The van der Waals surface area contributed by atoms with Crippen LogP contribution in [0.4, 0.5) is 0 Å². The Morgan fingerprint density at radius 2 is 1.53 bits per heavy atom. The van der Waals surface area contributed by atoms with Gasteiger partial charge in [-0.05, 0) is 19.9 Å². The largest absolute Gasteiger partial charge is 0.329 e. The lowest BCUT2D eigenvalue weighted by Crippen LogP contribution is -2.44. The predicted molar refractivity (Wildman–Crippen MR) is 74.1 cm³/mol. The van der Waals surface area contributed by atoms with Crippen molar-refractivity contribution in [2.24, 2.45) is 11.5 Å². The molecule has 17 heavy (non-hydrogen) atoms. The van der Waals surface area contributed by atoms with E-state index in [1.165, 1.54) is 32.1 Å². The van der Waals surface area contributed by atoms with Crippen LogP contribution in [0.5, 0.6) is 0 Å². The zero-order valence-electron chi connectivity index (χ0n) is 11.4. The third-order valence-electron chi connectivity index (χ3n) is 3.79. The van der Waals surface area contributed by atoms with Gasteiger partial charge < -0.3 is 16.4 Å². The van der Waals surface area contributed by atoms with Gasteiger partial charge in [-0.1, -0.05) is 19.3 Å². The van der Waals surface area contributed by atoms with Gasteiger partial charge in [-0.15, -0.1) is 0 Å². The molecule has 0 unspecified atom stereocenters. The molecule has 0 bridgehead atoms. The topological polar surface area (TPSA) is 58.5 Å². The fraction of sp³-hybridized carbons (Fsp3) is 1.00.